The number of hydrogen-bond donors (Lipinski definition) is 1. The normalized spacial score (nSPS) is 16.8. The zero-order valence-electron chi connectivity index (χ0n) is 6.05. The lowest BCUT2D eigenvalue weighted by Crippen LogP contribution is -1.94. The van der Waals surface area contributed by atoms with Gasteiger partial charge in [-0.3, -0.25) is 0 Å². The van der Waals surface area contributed by atoms with Crippen LogP contribution in [0.1, 0.15) is 24.5 Å². The summed E-state index contributed by atoms with van der Waals surface area (Å²) in [6, 6.07) is 3.78. The Hall–Kier alpha value is -0.570. The van der Waals surface area contributed by atoms with Crippen molar-refractivity contribution in [3.8, 4) is 0 Å². The molecule has 11 heavy (non-hydrogen) atoms. The van der Waals surface area contributed by atoms with Gasteiger partial charge in [0.25, 0.3) is 0 Å². The van der Waals surface area contributed by atoms with Gasteiger partial charge in [0.1, 0.15) is 5.82 Å². The maximum absolute atomic E-state index is 5.56. The van der Waals surface area contributed by atoms with Crippen LogP contribution in [0.5, 0.6) is 0 Å². The Labute approximate surface area is 73.9 Å². The third kappa shape index (κ3) is 1.38. The molecule has 1 aliphatic rings. The van der Waals surface area contributed by atoms with E-state index < -0.39 is 0 Å². The molecule has 0 bridgehead atoms. The first-order chi connectivity index (χ1) is 5.27. The lowest BCUT2D eigenvalue weighted by Gasteiger charge is -2.01. The monoisotopic (exact) mass is 212 g/mol. The second-order valence-corrected chi connectivity index (χ2v) is 3.73. The first-order valence-electron chi connectivity index (χ1n) is 3.69. The Bertz CT molecular complexity index is 281. The van der Waals surface area contributed by atoms with E-state index in [1.807, 2.05) is 12.1 Å². The number of nitrogens with zero attached hydrogens (tertiary/aromatic N) is 1. The Morgan fingerprint density at radius 3 is 2.82 bits per heavy atom. The molecule has 1 fully saturated rings. The minimum Gasteiger partial charge on any atom is -0.384 e. The second-order valence-electron chi connectivity index (χ2n) is 2.88. The summed E-state index contributed by atoms with van der Waals surface area (Å²) < 4.78 is 1.09. The summed E-state index contributed by atoms with van der Waals surface area (Å²) >= 11 is 3.45. The fraction of sp³-hybridized carbons (Fsp3) is 0.375. The summed E-state index contributed by atoms with van der Waals surface area (Å²) in [5.74, 6) is 1.28. The van der Waals surface area contributed by atoms with E-state index in [2.05, 4.69) is 20.9 Å². The highest BCUT2D eigenvalue weighted by atomic mass is 79.9. The van der Waals surface area contributed by atoms with Crippen molar-refractivity contribution in [3.63, 3.8) is 0 Å². The summed E-state index contributed by atoms with van der Waals surface area (Å²) in [6.45, 7) is 0. The number of anilines is 1. The average molecular weight is 213 g/mol. The maximum Gasteiger partial charge on any atom is 0.123 e. The molecule has 0 saturated heterocycles. The lowest BCUT2D eigenvalue weighted by molar-refractivity contribution is 1.02. The van der Waals surface area contributed by atoms with Crippen molar-refractivity contribution in [2.45, 2.75) is 18.8 Å². The van der Waals surface area contributed by atoms with Crippen molar-refractivity contribution >= 4 is 21.7 Å². The largest absolute Gasteiger partial charge is 0.384 e. The molecule has 2 nitrogen and oxygen atoms in total. The van der Waals surface area contributed by atoms with Crippen LogP contribution in [0.15, 0.2) is 16.6 Å². The predicted octanol–water partition coefficient (Wildman–Crippen LogP) is 2.30. The topological polar surface area (TPSA) is 38.9 Å². The standard InChI is InChI=1S/C8H9BrN2/c9-6-3-4-7(10)11-8(6)5-1-2-5/h3-5H,1-2H2,(H2,10,11). The van der Waals surface area contributed by atoms with E-state index >= 15 is 0 Å². The molecule has 1 saturated carbocycles. The molecule has 1 aliphatic carbocycles. The van der Waals surface area contributed by atoms with Crippen molar-refractivity contribution in [1.82, 2.24) is 4.98 Å². The van der Waals surface area contributed by atoms with Crippen LogP contribution in [-0.4, -0.2) is 4.98 Å². The second kappa shape index (κ2) is 2.48. The molecule has 0 atom stereocenters. The number of pyridine rings is 1. The van der Waals surface area contributed by atoms with Gasteiger partial charge in [0.2, 0.25) is 0 Å². The first-order valence-corrected chi connectivity index (χ1v) is 4.48. The molecule has 0 aliphatic heterocycles. The van der Waals surface area contributed by atoms with Gasteiger partial charge >= 0.3 is 0 Å². The van der Waals surface area contributed by atoms with E-state index in [-0.39, 0.29) is 0 Å². The van der Waals surface area contributed by atoms with E-state index in [1.165, 1.54) is 12.8 Å². The highest BCUT2D eigenvalue weighted by Crippen LogP contribution is 2.42. The molecule has 1 aromatic rings. The van der Waals surface area contributed by atoms with Gasteiger partial charge in [-0.05, 0) is 40.9 Å². The number of rotatable bonds is 1. The van der Waals surface area contributed by atoms with Crippen LogP contribution in [0.3, 0.4) is 0 Å². The molecule has 58 valence electrons. The van der Waals surface area contributed by atoms with Crippen LogP contribution in [0, 0.1) is 0 Å². The number of nitrogens with two attached hydrogens (primary N) is 1. The Morgan fingerprint density at radius 2 is 2.18 bits per heavy atom. The van der Waals surface area contributed by atoms with E-state index in [1.54, 1.807) is 0 Å². The highest BCUT2D eigenvalue weighted by Gasteiger charge is 2.26. The van der Waals surface area contributed by atoms with Crippen LogP contribution in [0.2, 0.25) is 0 Å². The van der Waals surface area contributed by atoms with Gasteiger partial charge in [-0.25, -0.2) is 4.98 Å². The minimum absolute atomic E-state index is 0.620. The molecule has 1 aromatic heterocycles. The van der Waals surface area contributed by atoms with Crippen molar-refractivity contribution in [2.75, 3.05) is 5.73 Å². The van der Waals surface area contributed by atoms with E-state index in [9.17, 15) is 0 Å². The minimum atomic E-state index is 0.620. The Morgan fingerprint density at radius 1 is 1.45 bits per heavy atom. The van der Waals surface area contributed by atoms with Gasteiger partial charge in [-0.15, -0.1) is 0 Å². The average Bonchev–Trinajstić information content (AvgIpc) is 2.76. The maximum atomic E-state index is 5.56. The third-order valence-electron chi connectivity index (χ3n) is 1.86. The van der Waals surface area contributed by atoms with Crippen LogP contribution < -0.4 is 5.73 Å². The third-order valence-corrected chi connectivity index (χ3v) is 2.53. The quantitative estimate of drug-likeness (QED) is 0.777. The smallest absolute Gasteiger partial charge is 0.123 e. The zero-order valence-corrected chi connectivity index (χ0v) is 7.63. The van der Waals surface area contributed by atoms with Crippen LogP contribution in [0.4, 0.5) is 5.82 Å². The molecular weight excluding hydrogens is 204 g/mol. The molecule has 2 rings (SSSR count). The van der Waals surface area contributed by atoms with Gasteiger partial charge in [-0.1, -0.05) is 0 Å². The molecule has 0 spiro atoms. The fourth-order valence-corrected chi connectivity index (χ4v) is 1.66. The highest BCUT2D eigenvalue weighted by molar-refractivity contribution is 9.10. The van der Waals surface area contributed by atoms with Crippen molar-refractivity contribution in [2.24, 2.45) is 0 Å². The fourth-order valence-electron chi connectivity index (χ4n) is 1.12. The molecule has 3 heteroatoms. The number of hydrogen-bond acceptors (Lipinski definition) is 2. The number of halogens is 1. The van der Waals surface area contributed by atoms with Crippen molar-refractivity contribution in [1.29, 1.82) is 0 Å². The summed E-state index contributed by atoms with van der Waals surface area (Å²) in [6.07, 6.45) is 2.52. The van der Waals surface area contributed by atoms with E-state index in [0.717, 1.165) is 10.2 Å². The van der Waals surface area contributed by atoms with Gasteiger partial charge in [0.05, 0.1) is 5.69 Å². The van der Waals surface area contributed by atoms with Crippen LogP contribution >= 0.6 is 15.9 Å². The molecular formula is C8H9BrN2. The SMILES string of the molecule is Nc1ccc(Br)c(C2CC2)n1. The summed E-state index contributed by atoms with van der Waals surface area (Å²) in [5, 5.41) is 0. The van der Waals surface area contributed by atoms with E-state index in [4.69, 9.17) is 5.73 Å². The molecule has 2 N–H and O–H groups in total. The van der Waals surface area contributed by atoms with Crippen molar-refractivity contribution < 1.29 is 0 Å². The Kier molecular flexibility index (Phi) is 1.60. The van der Waals surface area contributed by atoms with Gasteiger partial charge in [0.15, 0.2) is 0 Å². The molecule has 0 amide bonds. The van der Waals surface area contributed by atoms with Gasteiger partial charge in [-0.2, -0.15) is 0 Å². The molecule has 0 aromatic carbocycles. The van der Waals surface area contributed by atoms with Crippen LogP contribution in [0.25, 0.3) is 0 Å². The Balaban J connectivity index is 2.42. The van der Waals surface area contributed by atoms with Gasteiger partial charge < -0.3 is 5.73 Å². The summed E-state index contributed by atoms with van der Waals surface area (Å²) in [5.41, 5.74) is 6.69. The van der Waals surface area contributed by atoms with E-state index in [0.29, 0.717) is 11.7 Å². The number of aromatic nitrogens is 1. The molecule has 0 unspecified atom stereocenters. The summed E-state index contributed by atoms with van der Waals surface area (Å²) in [4.78, 5) is 4.27. The molecule has 0 radical (unpaired) electrons. The number of nitrogen functional groups attached to an aromatic ring is 1. The van der Waals surface area contributed by atoms with Crippen LogP contribution in [-0.2, 0) is 0 Å². The zero-order chi connectivity index (χ0) is 7.84. The summed E-state index contributed by atoms with van der Waals surface area (Å²) in [7, 11) is 0. The van der Waals surface area contributed by atoms with Gasteiger partial charge in [0, 0.05) is 10.4 Å². The van der Waals surface area contributed by atoms with Crippen molar-refractivity contribution in [3.05, 3.63) is 22.3 Å². The lowest BCUT2D eigenvalue weighted by atomic mass is 10.2. The first kappa shape index (κ1) is 7.10. The molecule has 1 heterocycles. The predicted molar refractivity (Wildman–Crippen MR) is 48.3 cm³/mol.